The van der Waals surface area contributed by atoms with Gasteiger partial charge < -0.3 is 10.2 Å². The summed E-state index contributed by atoms with van der Waals surface area (Å²) in [6.07, 6.45) is 6.13. The fraction of sp³-hybridized carbons (Fsp3) is 0.444. The Hall–Kier alpha value is -2.01. The Kier molecular flexibility index (Phi) is 5.75. The summed E-state index contributed by atoms with van der Waals surface area (Å²) in [4.78, 5) is 14.3. The molecule has 0 radical (unpaired) electrons. The third-order valence-electron chi connectivity index (χ3n) is 4.40. The van der Waals surface area contributed by atoms with E-state index < -0.39 is 0 Å². The summed E-state index contributed by atoms with van der Waals surface area (Å²) in [6, 6.07) is 9.85. The van der Waals surface area contributed by atoms with Gasteiger partial charge in [0.25, 0.3) is 0 Å². The molecule has 6 heteroatoms. The zero-order chi connectivity index (χ0) is 16.8. The van der Waals surface area contributed by atoms with Gasteiger partial charge in [0.2, 0.25) is 5.91 Å². The van der Waals surface area contributed by atoms with E-state index in [0.717, 1.165) is 49.7 Å². The van der Waals surface area contributed by atoms with E-state index in [9.17, 15) is 4.79 Å². The lowest BCUT2D eigenvalue weighted by atomic mass is 10.1. The number of hydrogen-bond donors (Lipinski definition) is 1. The van der Waals surface area contributed by atoms with E-state index in [1.54, 1.807) is 6.20 Å². The maximum atomic E-state index is 12.0. The number of amides is 1. The van der Waals surface area contributed by atoms with Crippen LogP contribution in [0.2, 0.25) is 5.02 Å². The molecular formula is C18H23ClN4O. The Morgan fingerprint density at radius 1 is 1.38 bits per heavy atom. The highest BCUT2D eigenvalue weighted by molar-refractivity contribution is 6.30. The number of hydrogen-bond acceptors (Lipinski definition) is 3. The Labute approximate surface area is 147 Å². The molecule has 128 valence electrons. The van der Waals surface area contributed by atoms with Crippen LogP contribution in [0.3, 0.4) is 0 Å². The number of rotatable bonds is 7. The van der Waals surface area contributed by atoms with Crippen molar-refractivity contribution in [3.05, 3.63) is 47.7 Å². The van der Waals surface area contributed by atoms with Crippen molar-refractivity contribution >= 4 is 23.2 Å². The molecule has 1 aliphatic heterocycles. The first-order valence-electron chi connectivity index (χ1n) is 8.45. The van der Waals surface area contributed by atoms with Crippen LogP contribution in [0.4, 0.5) is 5.69 Å². The van der Waals surface area contributed by atoms with E-state index >= 15 is 0 Å². The maximum absolute atomic E-state index is 12.0. The summed E-state index contributed by atoms with van der Waals surface area (Å²) in [5, 5.41) is 7.97. The predicted molar refractivity (Wildman–Crippen MR) is 96.2 cm³/mol. The molecule has 0 unspecified atom stereocenters. The highest BCUT2D eigenvalue weighted by Gasteiger charge is 2.23. The second kappa shape index (κ2) is 8.20. The van der Waals surface area contributed by atoms with Crippen molar-refractivity contribution in [1.82, 2.24) is 15.1 Å². The van der Waals surface area contributed by atoms with Crippen LogP contribution in [0, 0.1) is 5.92 Å². The fourth-order valence-corrected chi connectivity index (χ4v) is 3.27. The SMILES string of the molecule is O=C(CCCn1cccn1)NC[C@@H]1CCN(c2cccc(Cl)c2)C1. The lowest BCUT2D eigenvalue weighted by molar-refractivity contribution is -0.121. The van der Waals surface area contributed by atoms with Gasteiger partial charge in [0.15, 0.2) is 0 Å². The Morgan fingerprint density at radius 2 is 2.29 bits per heavy atom. The summed E-state index contributed by atoms with van der Waals surface area (Å²) >= 11 is 6.06. The molecule has 2 aromatic rings. The van der Waals surface area contributed by atoms with E-state index in [2.05, 4.69) is 21.4 Å². The zero-order valence-corrected chi connectivity index (χ0v) is 14.5. The van der Waals surface area contributed by atoms with Crippen molar-refractivity contribution < 1.29 is 4.79 Å². The van der Waals surface area contributed by atoms with Gasteiger partial charge in [0.1, 0.15) is 0 Å². The van der Waals surface area contributed by atoms with Gasteiger partial charge in [-0.3, -0.25) is 9.48 Å². The van der Waals surface area contributed by atoms with Crippen molar-refractivity contribution in [2.45, 2.75) is 25.8 Å². The average molecular weight is 347 g/mol. The molecule has 1 aliphatic rings. The maximum Gasteiger partial charge on any atom is 0.220 e. The van der Waals surface area contributed by atoms with E-state index in [4.69, 9.17) is 11.6 Å². The molecule has 3 rings (SSSR count). The minimum Gasteiger partial charge on any atom is -0.371 e. The molecule has 1 aromatic heterocycles. The lowest BCUT2D eigenvalue weighted by Crippen LogP contribution is -2.31. The number of nitrogens with one attached hydrogen (secondary N) is 1. The monoisotopic (exact) mass is 346 g/mol. The van der Waals surface area contributed by atoms with E-state index in [-0.39, 0.29) is 5.91 Å². The first-order valence-corrected chi connectivity index (χ1v) is 8.83. The molecule has 1 N–H and O–H groups in total. The minimum atomic E-state index is 0.128. The van der Waals surface area contributed by atoms with Crippen LogP contribution in [-0.4, -0.2) is 35.3 Å². The molecule has 0 aliphatic carbocycles. The second-order valence-corrected chi connectivity index (χ2v) is 6.69. The lowest BCUT2D eigenvalue weighted by Gasteiger charge is -2.19. The third kappa shape index (κ3) is 4.74. The van der Waals surface area contributed by atoms with Crippen molar-refractivity contribution in [2.24, 2.45) is 5.92 Å². The molecule has 5 nitrogen and oxygen atoms in total. The van der Waals surface area contributed by atoms with Gasteiger partial charge in [-0.25, -0.2) is 0 Å². The summed E-state index contributed by atoms with van der Waals surface area (Å²) in [5.74, 6) is 0.627. The standard InChI is InChI=1S/C18H23ClN4O/c19-16-4-1-5-17(12-16)22-11-7-15(14-22)13-20-18(24)6-2-9-23-10-3-8-21-23/h1,3-5,8,10,12,15H,2,6-7,9,11,13-14H2,(H,20,24)/t15-/m0/s1. The topological polar surface area (TPSA) is 50.2 Å². The van der Waals surface area contributed by atoms with Crippen LogP contribution in [0.25, 0.3) is 0 Å². The highest BCUT2D eigenvalue weighted by atomic mass is 35.5. The second-order valence-electron chi connectivity index (χ2n) is 6.26. The summed E-state index contributed by atoms with van der Waals surface area (Å²) < 4.78 is 1.85. The van der Waals surface area contributed by atoms with Gasteiger partial charge in [-0.05, 0) is 43.0 Å². The number of carbonyl (C=O) groups is 1. The molecule has 1 amide bonds. The quantitative estimate of drug-likeness (QED) is 0.838. The Bertz CT molecular complexity index is 659. The smallest absolute Gasteiger partial charge is 0.220 e. The summed E-state index contributed by atoms with van der Waals surface area (Å²) in [5.41, 5.74) is 1.16. The van der Waals surface area contributed by atoms with Crippen molar-refractivity contribution in [2.75, 3.05) is 24.5 Å². The fourth-order valence-electron chi connectivity index (χ4n) is 3.09. The van der Waals surface area contributed by atoms with Gasteiger partial charge in [0.05, 0.1) is 0 Å². The largest absolute Gasteiger partial charge is 0.371 e. The van der Waals surface area contributed by atoms with E-state index in [1.165, 1.54) is 0 Å². The van der Waals surface area contributed by atoms with Crippen LogP contribution < -0.4 is 10.2 Å². The first-order chi connectivity index (χ1) is 11.7. The molecule has 0 spiro atoms. The highest BCUT2D eigenvalue weighted by Crippen LogP contribution is 2.25. The minimum absolute atomic E-state index is 0.128. The molecule has 0 saturated carbocycles. The molecular weight excluding hydrogens is 324 g/mol. The average Bonchev–Trinajstić information content (AvgIpc) is 3.25. The molecule has 1 atom stereocenters. The van der Waals surface area contributed by atoms with Gasteiger partial charge in [-0.15, -0.1) is 0 Å². The zero-order valence-electron chi connectivity index (χ0n) is 13.7. The molecule has 1 saturated heterocycles. The number of aromatic nitrogens is 2. The number of anilines is 1. The van der Waals surface area contributed by atoms with Crippen molar-refractivity contribution in [3.63, 3.8) is 0 Å². The number of aryl methyl sites for hydroxylation is 1. The first kappa shape index (κ1) is 16.8. The molecule has 1 aromatic carbocycles. The van der Waals surface area contributed by atoms with Gasteiger partial charge in [-0.2, -0.15) is 5.10 Å². The number of carbonyl (C=O) groups excluding carboxylic acids is 1. The van der Waals surface area contributed by atoms with Gasteiger partial charge in [-0.1, -0.05) is 17.7 Å². The van der Waals surface area contributed by atoms with Crippen LogP contribution in [-0.2, 0) is 11.3 Å². The number of nitrogens with zero attached hydrogens (tertiary/aromatic N) is 3. The third-order valence-corrected chi connectivity index (χ3v) is 4.63. The van der Waals surface area contributed by atoms with E-state index in [0.29, 0.717) is 12.3 Å². The summed E-state index contributed by atoms with van der Waals surface area (Å²) in [7, 11) is 0. The molecule has 0 bridgehead atoms. The van der Waals surface area contributed by atoms with Crippen molar-refractivity contribution in [1.29, 1.82) is 0 Å². The predicted octanol–water partition coefficient (Wildman–Crippen LogP) is 2.96. The molecule has 1 fully saturated rings. The Balaban J connectivity index is 1.36. The van der Waals surface area contributed by atoms with E-state index in [1.807, 2.05) is 35.1 Å². The number of halogens is 1. The Morgan fingerprint density at radius 3 is 3.08 bits per heavy atom. The van der Waals surface area contributed by atoms with Crippen molar-refractivity contribution in [3.8, 4) is 0 Å². The van der Waals surface area contributed by atoms with Gasteiger partial charge in [0, 0.05) is 55.7 Å². The normalized spacial score (nSPS) is 17.2. The van der Waals surface area contributed by atoms with Crippen LogP contribution in [0.15, 0.2) is 42.7 Å². The van der Waals surface area contributed by atoms with Crippen LogP contribution in [0.5, 0.6) is 0 Å². The molecule has 2 heterocycles. The molecule has 24 heavy (non-hydrogen) atoms. The van der Waals surface area contributed by atoms with Crippen LogP contribution >= 0.6 is 11.6 Å². The van der Waals surface area contributed by atoms with Gasteiger partial charge >= 0.3 is 0 Å². The van der Waals surface area contributed by atoms with Crippen LogP contribution in [0.1, 0.15) is 19.3 Å². The number of benzene rings is 1. The summed E-state index contributed by atoms with van der Waals surface area (Å²) in [6.45, 7) is 3.51.